The summed E-state index contributed by atoms with van der Waals surface area (Å²) in [5, 5.41) is 8.01. The molecular weight excluding hydrogens is 286 g/mol. The molecule has 3 rings (SSSR count). The van der Waals surface area contributed by atoms with Crippen LogP contribution in [0.15, 0.2) is 40.3 Å². The molecule has 2 aromatic heterocycles. The zero-order chi connectivity index (χ0) is 15.0. The summed E-state index contributed by atoms with van der Waals surface area (Å²) in [6.07, 6.45) is 1.80. The summed E-state index contributed by atoms with van der Waals surface area (Å²) in [6.45, 7) is 1.98. The molecule has 0 bridgehead atoms. The Hall–Kier alpha value is -2.25. The molecule has 2 heterocycles. The van der Waals surface area contributed by atoms with Crippen molar-refractivity contribution in [3.63, 3.8) is 0 Å². The number of nitrogen functional groups attached to an aromatic ring is 1. The minimum absolute atomic E-state index is 0.294. The highest BCUT2D eigenvalue weighted by molar-refractivity contribution is 7.99. The topological polar surface area (TPSA) is 88.7 Å². The van der Waals surface area contributed by atoms with Crippen molar-refractivity contribution in [1.29, 1.82) is 0 Å². The number of hydrogen-bond acceptors (Lipinski definition) is 4. The smallest absolute Gasteiger partial charge is 0.281 e. The molecule has 21 heavy (non-hydrogen) atoms. The summed E-state index contributed by atoms with van der Waals surface area (Å²) in [4.78, 5) is 13.8. The molecule has 1 aromatic carbocycles. The molecule has 7 heteroatoms. The number of fused-ring (bicyclic) bond motifs is 1. The van der Waals surface area contributed by atoms with Crippen molar-refractivity contribution >= 4 is 28.6 Å². The van der Waals surface area contributed by atoms with Gasteiger partial charge in [0, 0.05) is 27.9 Å². The summed E-state index contributed by atoms with van der Waals surface area (Å²) < 4.78 is 1.83. The number of rotatable bonds is 3. The molecule has 0 atom stereocenters. The Morgan fingerprint density at radius 3 is 3.00 bits per heavy atom. The Balaban J connectivity index is 1.95. The number of nitrogens with zero attached hydrogens (tertiary/aromatic N) is 2. The lowest BCUT2D eigenvalue weighted by atomic mass is 10.3. The third-order valence-corrected chi connectivity index (χ3v) is 4.61. The van der Waals surface area contributed by atoms with Crippen LogP contribution >= 0.6 is 11.8 Å². The van der Waals surface area contributed by atoms with E-state index in [0.29, 0.717) is 5.69 Å². The monoisotopic (exact) mass is 301 g/mol. The molecule has 0 radical (unpaired) electrons. The number of aromatic amines is 1. The first-order valence-corrected chi connectivity index (χ1v) is 7.20. The van der Waals surface area contributed by atoms with Crippen molar-refractivity contribution in [3.05, 3.63) is 41.9 Å². The SMILES string of the molecule is Cc1c(Sc2ccc3[nH]ncc3c2)cc(C(=O)NN)n1C. The molecule has 0 aliphatic carbocycles. The summed E-state index contributed by atoms with van der Waals surface area (Å²) in [5.74, 6) is 4.91. The first-order chi connectivity index (χ1) is 10.1. The Kier molecular flexibility index (Phi) is 3.44. The minimum atomic E-state index is -0.294. The molecule has 0 fully saturated rings. The summed E-state index contributed by atoms with van der Waals surface area (Å²) in [5.41, 5.74) is 4.74. The van der Waals surface area contributed by atoms with Gasteiger partial charge in [0.1, 0.15) is 5.69 Å². The fourth-order valence-corrected chi connectivity index (χ4v) is 3.21. The maximum absolute atomic E-state index is 11.7. The van der Waals surface area contributed by atoms with Crippen LogP contribution in [0, 0.1) is 6.92 Å². The van der Waals surface area contributed by atoms with Gasteiger partial charge in [-0.05, 0) is 31.2 Å². The average molecular weight is 301 g/mol. The van der Waals surface area contributed by atoms with Gasteiger partial charge in [-0.3, -0.25) is 15.3 Å². The number of hydrazine groups is 1. The van der Waals surface area contributed by atoms with Crippen LogP contribution in [-0.2, 0) is 7.05 Å². The highest BCUT2D eigenvalue weighted by Gasteiger charge is 2.15. The van der Waals surface area contributed by atoms with Crippen LogP contribution in [0.3, 0.4) is 0 Å². The van der Waals surface area contributed by atoms with E-state index in [1.54, 1.807) is 18.0 Å². The van der Waals surface area contributed by atoms with Gasteiger partial charge in [0.25, 0.3) is 5.91 Å². The van der Waals surface area contributed by atoms with E-state index in [4.69, 9.17) is 5.84 Å². The van der Waals surface area contributed by atoms with Gasteiger partial charge in [-0.2, -0.15) is 5.10 Å². The van der Waals surface area contributed by atoms with E-state index in [0.717, 1.165) is 26.4 Å². The second kappa shape index (κ2) is 5.27. The van der Waals surface area contributed by atoms with Crippen molar-refractivity contribution in [2.75, 3.05) is 0 Å². The number of carbonyl (C=O) groups is 1. The molecule has 0 aliphatic rings. The Bertz CT molecular complexity index is 820. The van der Waals surface area contributed by atoms with E-state index in [1.807, 2.05) is 36.7 Å². The van der Waals surface area contributed by atoms with Gasteiger partial charge < -0.3 is 4.57 Å². The molecule has 0 spiro atoms. The van der Waals surface area contributed by atoms with Crippen molar-refractivity contribution in [1.82, 2.24) is 20.2 Å². The standard InChI is InChI=1S/C14H15N5OS/c1-8-13(6-12(19(8)2)14(20)17-15)21-10-3-4-11-9(5-10)7-16-18-11/h3-7H,15H2,1-2H3,(H,16,18)(H,17,20). The fraction of sp³-hybridized carbons (Fsp3) is 0.143. The normalized spacial score (nSPS) is 11.0. The zero-order valence-electron chi connectivity index (χ0n) is 11.7. The van der Waals surface area contributed by atoms with Crippen molar-refractivity contribution < 1.29 is 4.79 Å². The number of H-pyrrole nitrogens is 1. The predicted molar refractivity (Wildman–Crippen MR) is 82.0 cm³/mol. The number of carbonyl (C=O) groups excluding carboxylic acids is 1. The summed E-state index contributed by atoms with van der Waals surface area (Å²) >= 11 is 1.61. The number of nitrogens with two attached hydrogens (primary N) is 1. The molecule has 0 unspecified atom stereocenters. The van der Waals surface area contributed by atoms with Gasteiger partial charge in [-0.15, -0.1) is 0 Å². The quantitative estimate of drug-likeness (QED) is 0.392. The lowest BCUT2D eigenvalue weighted by Gasteiger charge is -2.04. The van der Waals surface area contributed by atoms with Crippen LogP contribution in [-0.4, -0.2) is 20.7 Å². The highest BCUT2D eigenvalue weighted by atomic mass is 32.2. The van der Waals surface area contributed by atoms with Crippen molar-refractivity contribution in [3.8, 4) is 0 Å². The molecule has 3 aromatic rings. The van der Waals surface area contributed by atoms with Crippen molar-refractivity contribution in [2.24, 2.45) is 12.9 Å². The fourth-order valence-electron chi connectivity index (χ4n) is 2.18. The van der Waals surface area contributed by atoms with Crippen LogP contribution in [0.5, 0.6) is 0 Å². The largest absolute Gasteiger partial charge is 0.343 e. The first-order valence-electron chi connectivity index (χ1n) is 6.38. The Labute approximate surface area is 125 Å². The van der Waals surface area contributed by atoms with Crippen molar-refractivity contribution in [2.45, 2.75) is 16.7 Å². The Morgan fingerprint density at radius 2 is 2.24 bits per heavy atom. The van der Waals surface area contributed by atoms with Crippen LogP contribution in [0.25, 0.3) is 10.9 Å². The molecule has 0 aliphatic heterocycles. The van der Waals surface area contributed by atoms with Crippen LogP contribution in [0.2, 0.25) is 0 Å². The summed E-state index contributed by atoms with van der Waals surface area (Å²) in [7, 11) is 1.85. The lowest BCUT2D eigenvalue weighted by molar-refractivity contribution is 0.0945. The number of benzene rings is 1. The van der Waals surface area contributed by atoms with E-state index < -0.39 is 0 Å². The summed E-state index contributed by atoms with van der Waals surface area (Å²) in [6, 6.07) is 7.94. The number of amides is 1. The third-order valence-electron chi connectivity index (χ3n) is 3.49. The number of aromatic nitrogens is 3. The minimum Gasteiger partial charge on any atom is -0.343 e. The molecule has 0 saturated heterocycles. The maximum Gasteiger partial charge on any atom is 0.281 e. The zero-order valence-corrected chi connectivity index (χ0v) is 12.5. The van der Waals surface area contributed by atoms with E-state index in [9.17, 15) is 4.79 Å². The molecule has 108 valence electrons. The average Bonchev–Trinajstić information content (AvgIpc) is 3.06. The first kappa shape index (κ1) is 13.7. The number of hydrogen-bond donors (Lipinski definition) is 3. The number of nitrogens with one attached hydrogen (secondary N) is 2. The lowest BCUT2D eigenvalue weighted by Crippen LogP contribution is -2.31. The van der Waals surface area contributed by atoms with Gasteiger partial charge in [0.05, 0.1) is 11.7 Å². The highest BCUT2D eigenvalue weighted by Crippen LogP contribution is 2.33. The van der Waals surface area contributed by atoms with Gasteiger partial charge in [0.2, 0.25) is 0 Å². The molecule has 0 saturated carbocycles. The Morgan fingerprint density at radius 1 is 1.43 bits per heavy atom. The molecule has 1 amide bonds. The predicted octanol–water partition coefficient (Wildman–Crippen LogP) is 1.96. The van der Waals surface area contributed by atoms with Crippen LogP contribution in [0.4, 0.5) is 0 Å². The van der Waals surface area contributed by atoms with Crippen LogP contribution in [0.1, 0.15) is 16.2 Å². The van der Waals surface area contributed by atoms with E-state index in [2.05, 4.69) is 21.7 Å². The van der Waals surface area contributed by atoms with Crippen LogP contribution < -0.4 is 11.3 Å². The molecule has 4 N–H and O–H groups in total. The van der Waals surface area contributed by atoms with E-state index in [1.165, 1.54) is 0 Å². The van der Waals surface area contributed by atoms with Gasteiger partial charge in [-0.1, -0.05) is 11.8 Å². The maximum atomic E-state index is 11.7. The van der Waals surface area contributed by atoms with E-state index >= 15 is 0 Å². The van der Waals surface area contributed by atoms with Gasteiger partial charge in [-0.25, -0.2) is 5.84 Å². The van der Waals surface area contributed by atoms with Gasteiger partial charge in [0.15, 0.2) is 0 Å². The second-order valence-corrected chi connectivity index (χ2v) is 5.85. The third kappa shape index (κ3) is 2.41. The van der Waals surface area contributed by atoms with Gasteiger partial charge >= 0.3 is 0 Å². The van der Waals surface area contributed by atoms with E-state index in [-0.39, 0.29) is 5.91 Å². The molecular formula is C14H15N5OS. The second-order valence-electron chi connectivity index (χ2n) is 4.73. The molecule has 6 nitrogen and oxygen atoms in total.